The van der Waals surface area contributed by atoms with Gasteiger partial charge in [0.25, 0.3) is 0 Å². The number of likely N-dealkylation sites (tertiary alicyclic amines) is 1. The lowest BCUT2D eigenvalue weighted by atomic mass is 10.00. The molecular formula is C8H18N2O. The van der Waals surface area contributed by atoms with E-state index >= 15 is 0 Å². The van der Waals surface area contributed by atoms with Crippen LogP contribution in [0.1, 0.15) is 19.8 Å². The minimum absolute atomic E-state index is 0.442. The van der Waals surface area contributed by atoms with Gasteiger partial charge in [-0.2, -0.15) is 0 Å². The largest absolute Gasteiger partial charge is 0.365 e. The van der Waals surface area contributed by atoms with Crippen molar-refractivity contribution in [2.24, 2.45) is 5.92 Å². The van der Waals surface area contributed by atoms with E-state index in [1.165, 1.54) is 12.8 Å². The van der Waals surface area contributed by atoms with E-state index in [0.29, 0.717) is 0 Å². The molecule has 3 heteroatoms. The summed E-state index contributed by atoms with van der Waals surface area (Å²) in [6.45, 7) is 4.30. The normalized spacial score (nSPS) is 25.4. The SMILES string of the molecule is CNC(O)N1CCC(C)CC1. The molecule has 0 aromatic carbocycles. The van der Waals surface area contributed by atoms with Gasteiger partial charge in [-0.25, -0.2) is 0 Å². The van der Waals surface area contributed by atoms with Crippen LogP contribution in [0.15, 0.2) is 0 Å². The van der Waals surface area contributed by atoms with Crippen LogP contribution >= 0.6 is 0 Å². The van der Waals surface area contributed by atoms with E-state index in [4.69, 9.17) is 0 Å². The first-order valence-corrected chi connectivity index (χ1v) is 4.33. The molecule has 1 atom stereocenters. The molecule has 11 heavy (non-hydrogen) atoms. The van der Waals surface area contributed by atoms with E-state index in [-0.39, 0.29) is 0 Å². The van der Waals surface area contributed by atoms with Crippen molar-refractivity contribution >= 4 is 0 Å². The third-order valence-electron chi connectivity index (χ3n) is 2.42. The van der Waals surface area contributed by atoms with Gasteiger partial charge in [-0.15, -0.1) is 0 Å². The Morgan fingerprint density at radius 2 is 2.00 bits per heavy atom. The maximum Gasteiger partial charge on any atom is 0.162 e. The Hall–Kier alpha value is -0.120. The van der Waals surface area contributed by atoms with Gasteiger partial charge < -0.3 is 5.11 Å². The summed E-state index contributed by atoms with van der Waals surface area (Å²) >= 11 is 0. The summed E-state index contributed by atoms with van der Waals surface area (Å²) in [7, 11) is 1.78. The highest BCUT2D eigenvalue weighted by Crippen LogP contribution is 2.16. The molecule has 1 fully saturated rings. The van der Waals surface area contributed by atoms with Gasteiger partial charge in [-0.05, 0) is 25.8 Å². The minimum Gasteiger partial charge on any atom is -0.365 e. The zero-order valence-electron chi connectivity index (χ0n) is 7.38. The van der Waals surface area contributed by atoms with Crippen molar-refractivity contribution in [3.05, 3.63) is 0 Å². The number of aliphatic hydroxyl groups excluding tert-OH is 1. The van der Waals surface area contributed by atoms with Crippen molar-refractivity contribution in [3.8, 4) is 0 Å². The van der Waals surface area contributed by atoms with Crippen LogP contribution in [0.25, 0.3) is 0 Å². The van der Waals surface area contributed by atoms with Crippen LogP contribution in [0.4, 0.5) is 0 Å². The second-order valence-corrected chi connectivity index (χ2v) is 3.38. The van der Waals surface area contributed by atoms with Gasteiger partial charge in [0.2, 0.25) is 0 Å². The van der Waals surface area contributed by atoms with Crippen molar-refractivity contribution in [2.75, 3.05) is 20.1 Å². The zero-order chi connectivity index (χ0) is 8.27. The Morgan fingerprint density at radius 3 is 2.45 bits per heavy atom. The molecule has 0 aromatic rings. The Balaban J connectivity index is 2.27. The molecule has 0 spiro atoms. The molecule has 0 aliphatic carbocycles. The van der Waals surface area contributed by atoms with Gasteiger partial charge in [-0.1, -0.05) is 6.92 Å². The van der Waals surface area contributed by atoms with Gasteiger partial charge >= 0.3 is 0 Å². The Labute approximate surface area is 68.4 Å². The molecule has 3 nitrogen and oxygen atoms in total. The smallest absolute Gasteiger partial charge is 0.162 e. The van der Waals surface area contributed by atoms with Crippen LogP contribution in [0.2, 0.25) is 0 Å². The summed E-state index contributed by atoms with van der Waals surface area (Å²) in [6.07, 6.45) is 1.97. The number of rotatable bonds is 2. The number of hydrogen-bond acceptors (Lipinski definition) is 3. The second-order valence-electron chi connectivity index (χ2n) is 3.38. The van der Waals surface area contributed by atoms with Crippen LogP contribution in [0.5, 0.6) is 0 Å². The van der Waals surface area contributed by atoms with Crippen molar-refractivity contribution in [3.63, 3.8) is 0 Å². The fourth-order valence-electron chi connectivity index (χ4n) is 1.46. The van der Waals surface area contributed by atoms with Crippen molar-refractivity contribution < 1.29 is 5.11 Å². The maximum atomic E-state index is 9.38. The number of aliphatic hydroxyl groups is 1. The van der Waals surface area contributed by atoms with Gasteiger partial charge in [0.15, 0.2) is 6.35 Å². The second kappa shape index (κ2) is 4.04. The van der Waals surface area contributed by atoms with E-state index in [1.54, 1.807) is 7.05 Å². The Morgan fingerprint density at radius 1 is 1.45 bits per heavy atom. The van der Waals surface area contributed by atoms with E-state index in [9.17, 15) is 5.11 Å². The maximum absolute atomic E-state index is 9.38. The Kier molecular flexibility index (Phi) is 3.30. The zero-order valence-corrected chi connectivity index (χ0v) is 7.38. The first kappa shape index (κ1) is 8.97. The fraction of sp³-hybridized carbons (Fsp3) is 1.00. The van der Waals surface area contributed by atoms with E-state index < -0.39 is 6.35 Å². The van der Waals surface area contributed by atoms with Gasteiger partial charge in [0.05, 0.1) is 0 Å². The number of nitrogens with zero attached hydrogens (tertiary/aromatic N) is 1. The first-order chi connectivity index (χ1) is 5.24. The predicted octanol–water partition coefficient (Wildman–Crippen LogP) is 0.214. The third-order valence-corrected chi connectivity index (χ3v) is 2.42. The topological polar surface area (TPSA) is 35.5 Å². The molecule has 0 radical (unpaired) electrons. The summed E-state index contributed by atoms with van der Waals surface area (Å²) < 4.78 is 0. The molecule has 0 bridgehead atoms. The lowest BCUT2D eigenvalue weighted by Crippen LogP contribution is -2.47. The molecule has 1 saturated heterocycles. The molecule has 1 aliphatic rings. The lowest BCUT2D eigenvalue weighted by Gasteiger charge is -2.33. The van der Waals surface area contributed by atoms with Crippen LogP contribution < -0.4 is 5.32 Å². The van der Waals surface area contributed by atoms with E-state index in [0.717, 1.165) is 19.0 Å². The van der Waals surface area contributed by atoms with Crippen molar-refractivity contribution in [1.29, 1.82) is 0 Å². The summed E-state index contributed by atoms with van der Waals surface area (Å²) in [5, 5.41) is 12.2. The van der Waals surface area contributed by atoms with Crippen LogP contribution in [0, 0.1) is 5.92 Å². The molecule has 0 saturated carbocycles. The molecule has 1 rings (SSSR count). The predicted molar refractivity (Wildman–Crippen MR) is 45.0 cm³/mol. The standard InChI is InChI=1S/C8H18N2O/c1-7-3-5-10(6-4-7)8(11)9-2/h7-9,11H,3-6H2,1-2H3. The number of piperidine rings is 1. The quantitative estimate of drug-likeness (QED) is 0.564. The fourth-order valence-corrected chi connectivity index (χ4v) is 1.46. The molecule has 0 amide bonds. The molecular weight excluding hydrogens is 140 g/mol. The van der Waals surface area contributed by atoms with Gasteiger partial charge in [0.1, 0.15) is 0 Å². The summed E-state index contributed by atoms with van der Waals surface area (Å²) in [5.41, 5.74) is 0. The molecule has 1 unspecified atom stereocenters. The average Bonchev–Trinajstić information content (AvgIpc) is 2.05. The molecule has 66 valence electrons. The number of nitrogens with one attached hydrogen (secondary N) is 1. The Bertz CT molecular complexity index is 111. The highest BCUT2D eigenvalue weighted by atomic mass is 16.3. The molecule has 2 N–H and O–H groups in total. The average molecular weight is 158 g/mol. The van der Waals surface area contributed by atoms with E-state index in [2.05, 4.69) is 17.1 Å². The highest BCUT2D eigenvalue weighted by Gasteiger charge is 2.19. The third kappa shape index (κ3) is 2.43. The monoisotopic (exact) mass is 158 g/mol. The summed E-state index contributed by atoms with van der Waals surface area (Å²) in [5.74, 6) is 0.829. The molecule has 1 aliphatic heterocycles. The first-order valence-electron chi connectivity index (χ1n) is 4.33. The van der Waals surface area contributed by atoms with Crippen LogP contribution in [-0.4, -0.2) is 36.5 Å². The molecule has 1 heterocycles. The summed E-state index contributed by atoms with van der Waals surface area (Å²) in [6, 6.07) is 0. The van der Waals surface area contributed by atoms with E-state index in [1.807, 2.05) is 0 Å². The van der Waals surface area contributed by atoms with Crippen LogP contribution in [0.3, 0.4) is 0 Å². The summed E-state index contributed by atoms with van der Waals surface area (Å²) in [4.78, 5) is 2.07. The van der Waals surface area contributed by atoms with Crippen molar-refractivity contribution in [2.45, 2.75) is 26.1 Å². The van der Waals surface area contributed by atoms with Crippen molar-refractivity contribution in [1.82, 2.24) is 10.2 Å². The lowest BCUT2D eigenvalue weighted by molar-refractivity contribution is -0.0333. The molecule has 0 aromatic heterocycles. The minimum atomic E-state index is -0.442. The van der Waals surface area contributed by atoms with Crippen LogP contribution in [-0.2, 0) is 0 Å². The number of hydrogen-bond donors (Lipinski definition) is 2. The van der Waals surface area contributed by atoms with Gasteiger partial charge in [-0.3, -0.25) is 10.2 Å². The highest BCUT2D eigenvalue weighted by molar-refractivity contribution is 4.69. The van der Waals surface area contributed by atoms with Gasteiger partial charge in [0, 0.05) is 13.1 Å².